The summed E-state index contributed by atoms with van der Waals surface area (Å²) in [7, 11) is 0. The van der Waals surface area contributed by atoms with Gasteiger partial charge in [-0.2, -0.15) is 4.89 Å². The number of hydrogen-bond donors (Lipinski definition) is 0. The van der Waals surface area contributed by atoms with Gasteiger partial charge in [-0.1, -0.05) is 174 Å². The minimum absolute atomic E-state index is 0.723. The summed E-state index contributed by atoms with van der Waals surface area (Å²) in [6, 6.07) is 0. The molecule has 0 rings (SSSR count). The zero-order chi connectivity index (χ0) is 25.3. The first kappa shape index (κ1) is 34.5. The Hall–Kier alpha value is -0.500. The molecule has 0 amide bonds. The maximum Gasteiger partial charge on any atom is 0.125 e. The Morgan fingerprint density at radius 2 is 0.686 bits per heavy atom. The van der Waals surface area contributed by atoms with E-state index in [1.165, 1.54) is 167 Å². The van der Waals surface area contributed by atoms with Gasteiger partial charge in [0.1, 0.15) is 6.26 Å². The van der Waals surface area contributed by atoms with Crippen LogP contribution in [0, 0.1) is 0 Å². The highest BCUT2D eigenvalue weighted by molar-refractivity contribution is 4.72. The van der Waals surface area contributed by atoms with Crippen molar-refractivity contribution >= 4 is 0 Å². The molecule has 0 heterocycles. The van der Waals surface area contributed by atoms with Crippen LogP contribution < -0.4 is 0 Å². The fraction of sp³-hybridized carbons (Fsp3) is 0.939. The van der Waals surface area contributed by atoms with Gasteiger partial charge in [0.15, 0.2) is 0 Å². The van der Waals surface area contributed by atoms with E-state index in [1.807, 2.05) is 0 Å². The molecule has 0 fully saturated rings. The van der Waals surface area contributed by atoms with Crippen LogP contribution in [0.3, 0.4) is 0 Å². The SMILES string of the molecule is CCCCCCCCCCCCCCCC=COOCCCCCCCCCCCCCCCC. The molecule has 35 heavy (non-hydrogen) atoms. The highest BCUT2D eigenvalue weighted by Gasteiger charge is 1.95. The number of rotatable bonds is 31. The average molecular weight is 495 g/mol. The van der Waals surface area contributed by atoms with Crippen molar-refractivity contribution in [2.45, 2.75) is 194 Å². The van der Waals surface area contributed by atoms with Gasteiger partial charge in [-0.05, 0) is 25.3 Å². The molecule has 0 spiro atoms. The van der Waals surface area contributed by atoms with Crippen LogP contribution in [0.15, 0.2) is 12.3 Å². The molecule has 210 valence electrons. The molecule has 0 saturated heterocycles. The zero-order valence-corrected chi connectivity index (χ0v) is 24.5. The summed E-state index contributed by atoms with van der Waals surface area (Å²) in [5.74, 6) is 0. The summed E-state index contributed by atoms with van der Waals surface area (Å²) in [5.41, 5.74) is 0. The molecule has 0 atom stereocenters. The summed E-state index contributed by atoms with van der Waals surface area (Å²) in [4.78, 5) is 10.5. The first-order chi connectivity index (χ1) is 17.4. The van der Waals surface area contributed by atoms with Crippen LogP contribution in [0.5, 0.6) is 0 Å². The van der Waals surface area contributed by atoms with Crippen molar-refractivity contribution in [1.82, 2.24) is 0 Å². The first-order valence-corrected chi connectivity index (χ1v) is 16.3. The predicted molar refractivity (Wildman–Crippen MR) is 157 cm³/mol. The van der Waals surface area contributed by atoms with Gasteiger partial charge in [0, 0.05) is 0 Å². The van der Waals surface area contributed by atoms with E-state index >= 15 is 0 Å². The lowest BCUT2D eigenvalue weighted by molar-refractivity contribution is -0.249. The molecule has 0 aliphatic heterocycles. The van der Waals surface area contributed by atoms with Gasteiger partial charge in [0.2, 0.25) is 0 Å². The monoisotopic (exact) mass is 495 g/mol. The lowest BCUT2D eigenvalue weighted by atomic mass is 10.0. The number of hydrogen-bond acceptors (Lipinski definition) is 2. The van der Waals surface area contributed by atoms with Crippen molar-refractivity contribution in [3.05, 3.63) is 12.3 Å². The third kappa shape index (κ3) is 33.5. The Morgan fingerprint density at radius 1 is 0.371 bits per heavy atom. The molecule has 2 nitrogen and oxygen atoms in total. The van der Waals surface area contributed by atoms with E-state index in [9.17, 15) is 0 Å². The molecule has 0 N–H and O–H groups in total. The summed E-state index contributed by atoms with van der Waals surface area (Å²) < 4.78 is 0. The Balaban J connectivity index is 3.07. The van der Waals surface area contributed by atoms with Crippen molar-refractivity contribution in [1.29, 1.82) is 0 Å². The van der Waals surface area contributed by atoms with Gasteiger partial charge in [-0.15, -0.1) is 0 Å². The van der Waals surface area contributed by atoms with E-state index in [1.54, 1.807) is 6.26 Å². The molecule has 0 saturated carbocycles. The van der Waals surface area contributed by atoms with Crippen molar-refractivity contribution in [3.63, 3.8) is 0 Å². The second kappa shape index (κ2) is 33.5. The Bertz CT molecular complexity index is 379. The quantitative estimate of drug-likeness (QED) is 0.0413. The van der Waals surface area contributed by atoms with Gasteiger partial charge < -0.3 is 4.89 Å². The molecule has 0 aromatic heterocycles. The molecule has 0 radical (unpaired) electrons. The molecule has 0 aliphatic rings. The Morgan fingerprint density at radius 3 is 1.06 bits per heavy atom. The van der Waals surface area contributed by atoms with Crippen LogP contribution >= 0.6 is 0 Å². The largest absolute Gasteiger partial charge is 0.346 e. The van der Waals surface area contributed by atoms with Crippen LogP contribution in [-0.4, -0.2) is 6.61 Å². The van der Waals surface area contributed by atoms with Crippen LogP contribution in [0.1, 0.15) is 194 Å². The minimum Gasteiger partial charge on any atom is -0.346 e. The van der Waals surface area contributed by atoms with Gasteiger partial charge in [0.05, 0.1) is 6.61 Å². The molecule has 0 aliphatic carbocycles. The minimum atomic E-state index is 0.723. The summed E-state index contributed by atoms with van der Waals surface area (Å²) in [5, 5.41) is 0. The van der Waals surface area contributed by atoms with Gasteiger partial charge in [0.25, 0.3) is 0 Å². The van der Waals surface area contributed by atoms with E-state index in [2.05, 4.69) is 19.9 Å². The fourth-order valence-corrected chi connectivity index (χ4v) is 4.83. The molecule has 2 heteroatoms. The summed E-state index contributed by atoms with van der Waals surface area (Å²) in [6.45, 7) is 5.31. The van der Waals surface area contributed by atoms with Gasteiger partial charge in [-0.3, -0.25) is 0 Å². The molecule has 0 aromatic rings. The smallest absolute Gasteiger partial charge is 0.125 e. The lowest BCUT2D eigenvalue weighted by Crippen LogP contribution is -1.92. The van der Waals surface area contributed by atoms with Crippen LogP contribution in [0.2, 0.25) is 0 Å². The highest BCUT2D eigenvalue weighted by Crippen LogP contribution is 2.14. The van der Waals surface area contributed by atoms with E-state index < -0.39 is 0 Å². The number of allylic oxidation sites excluding steroid dienone is 1. The fourth-order valence-electron chi connectivity index (χ4n) is 4.83. The molecule has 0 bridgehead atoms. The van der Waals surface area contributed by atoms with Gasteiger partial charge in [-0.25, -0.2) is 0 Å². The zero-order valence-electron chi connectivity index (χ0n) is 24.5. The summed E-state index contributed by atoms with van der Waals surface area (Å²) >= 11 is 0. The maximum absolute atomic E-state index is 5.27. The van der Waals surface area contributed by atoms with Crippen LogP contribution in [-0.2, 0) is 9.78 Å². The highest BCUT2D eigenvalue weighted by atomic mass is 17.2. The molecular weight excluding hydrogens is 428 g/mol. The van der Waals surface area contributed by atoms with E-state index in [4.69, 9.17) is 9.78 Å². The topological polar surface area (TPSA) is 18.5 Å². The normalized spacial score (nSPS) is 11.6. The second-order valence-electron chi connectivity index (χ2n) is 10.9. The Labute approximate surface area is 222 Å². The van der Waals surface area contributed by atoms with Gasteiger partial charge >= 0.3 is 0 Å². The second-order valence-corrected chi connectivity index (χ2v) is 10.9. The molecule has 0 unspecified atom stereocenters. The van der Waals surface area contributed by atoms with E-state index in [-0.39, 0.29) is 0 Å². The van der Waals surface area contributed by atoms with E-state index in [0.29, 0.717) is 0 Å². The third-order valence-electron chi connectivity index (χ3n) is 7.28. The Kier molecular flexibility index (Phi) is 33.0. The molecular formula is C33H66O2. The predicted octanol–water partition coefficient (Wildman–Crippen LogP) is 12.4. The van der Waals surface area contributed by atoms with Crippen molar-refractivity contribution in [3.8, 4) is 0 Å². The number of unbranched alkanes of at least 4 members (excludes halogenated alkanes) is 26. The van der Waals surface area contributed by atoms with Crippen molar-refractivity contribution in [2.24, 2.45) is 0 Å². The van der Waals surface area contributed by atoms with Crippen LogP contribution in [0.4, 0.5) is 0 Å². The maximum atomic E-state index is 5.27. The molecule has 0 aromatic carbocycles. The standard InChI is InChI=1S/C33H66O2/c1-3-5-7-9-11-13-15-17-19-21-23-25-27-29-31-33-35-34-32-30-28-26-24-22-20-18-16-14-12-10-8-6-4-2/h31,33H,3-30,32H2,1-2H3. The third-order valence-corrected chi connectivity index (χ3v) is 7.28. The van der Waals surface area contributed by atoms with Crippen molar-refractivity contribution < 1.29 is 9.78 Å². The average Bonchev–Trinajstić information content (AvgIpc) is 2.87. The summed E-state index contributed by atoms with van der Waals surface area (Å²) in [6.07, 6.45) is 42.7. The van der Waals surface area contributed by atoms with E-state index in [0.717, 1.165) is 19.4 Å². The van der Waals surface area contributed by atoms with Crippen molar-refractivity contribution in [2.75, 3.05) is 6.61 Å². The first-order valence-electron chi connectivity index (χ1n) is 16.3. The lowest BCUT2D eigenvalue weighted by Gasteiger charge is -2.03. The van der Waals surface area contributed by atoms with Crippen LogP contribution in [0.25, 0.3) is 0 Å².